The Morgan fingerprint density at radius 1 is 1.08 bits per heavy atom. The number of benzene rings is 1. The monoisotopic (exact) mass is 501 g/mol. The SMILES string of the molecule is NC(=O)c1ccc(Cn2ccc3c(N4CCN(C(=O)C5(C(F)(F)F)CCC5)CC4)ccnc32)cc1O. The normalized spacial score (nSPS) is 17.8. The third-order valence-corrected chi connectivity index (χ3v) is 7.39. The largest absolute Gasteiger partial charge is 0.507 e. The molecule has 0 radical (unpaired) electrons. The van der Waals surface area contributed by atoms with E-state index in [0.29, 0.717) is 31.7 Å². The molecule has 1 saturated carbocycles. The molecule has 3 heterocycles. The first kappa shape index (κ1) is 24.0. The molecule has 3 aromatic rings. The van der Waals surface area contributed by atoms with Crippen molar-refractivity contribution in [1.82, 2.24) is 14.5 Å². The van der Waals surface area contributed by atoms with Crippen molar-refractivity contribution in [3.05, 3.63) is 53.9 Å². The van der Waals surface area contributed by atoms with Gasteiger partial charge in [-0.2, -0.15) is 13.2 Å². The predicted octanol–water partition coefficient (Wildman–Crippen LogP) is 3.27. The standard InChI is InChI=1S/C25H26F3N5O3/c26-25(27,28)24(6-1-7-24)23(36)32-12-10-31(11-13-32)19-4-8-30-22-17(19)5-9-33(22)15-16-2-3-18(21(29)35)20(34)14-16/h2-5,8-9,14,34H,1,6-7,10-13,15H2,(H2,29,35). The molecule has 2 fully saturated rings. The van der Waals surface area contributed by atoms with Crippen LogP contribution in [0, 0.1) is 5.41 Å². The highest BCUT2D eigenvalue weighted by atomic mass is 19.4. The molecule has 2 aromatic heterocycles. The zero-order valence-electron chi connectivity index (χ0n) is 19.5. The number of phenols is 1. The Morgan fingerprint density at radius 3 is 2.39 bits per heavy atom. The average molecular weight is 502 g/mol. The Labute approximate surface area is 205 Å². The summed E-state index contributed by atoms with van der Waals surface area (Å²) in [6.45, 7) is 1.70. The van der Waals surface area contributed by atoms with Gasteiger partial charge in [-0.05, 0) is 42.7 Å². The Kier molecular flexibility index (Phi) is 5.80. The molecule has 11 heteroatoms. The van der Waals surface area contributed by atoms with E-state index in [4.69, 9.17) is 5.73 Å². The molecule has 2 aliphatic rings. The van der Waals surface area contributed by atoms with E-state index < -0.39 is 23.4 Å². The minimum absolute atomic E-state index is 0.0487. The predicted molar refractivity (Wildman–Crippen MR) is 127 cm³/mol. The van der Waals surface area contributed by atoms with Gasteiger partial charge >= 0.3 is 6.18 Å². The minimum atomic E-state index is -4.52. The zero-order valence-corrected chi connectivity index (χ0v) is 19.5. The minimum Gasteiger partial charge on any atom is -0.507 e. The van der Waals surface area contributed by atoms with Crippen molar-refractivity contribution in [2.75, 3.05) is 31.1 Å². The van der Waals surface area contributed by atoms with E-state index >= 15 is 0 Å². The smallest absolute Gasteiger partial charge is 0.403 e. The summed E-state index contributed by atoms with van der Waals surface area (Å²) in [7, 11) is 0. The van der Waals surface area contributed by atoms with Crippen molar-refractivity contribution in [2.45, 2.75) is 32.0 Å². The maximum atomic E-state index is 13.6. The molecule has 1 aromatic carbocycles. The number of carbonyl (C=O) groups excluding carboxylic acids is 2. The molecular formula is C25H26F3N5O3. The number of rotatable bonds is 5. The van der Waals surface area contributed by atoms with E-state index in [1.165, 1.54) is 17.0 Å². The summed E-state index contributed by atoms with van der Waals surface area (Å²) >= 11 is 0. The average Bonchev–Trinajstić information content (AvgIpc) is 3.20. The number of pyridine rings is 1. The van der Waals surface area contributed by atoms with Gasteiger partial charge in [0.2, 0.25) is 5.91 Å². The number of nitrogens with two attached hydrogens (primary N) is 1. The molecule has 0 atom stereocenters. The maximum absolute atomic E-state index is 13.6. The number of nitrogens with zero attached hydrogens (tertiary/aromatic N) is 4. The van der Waals surface area contributed by atoms with Gasteiger partial charge in [0.05, 0.1) is 5.56 Å². The van der Waals surface area contributed by atoms with E-state index in [1.807, 2.05) is 22.9 Å². The number of halogens is 3. The second kappa shape index (κ2) is 8.72. The molecule has 3 N–H and O–H groups in total. The molecule has 1 aliphatic heterocycles. The summed E-state index contributed by atoms with van der Waals surface area (Å²) in [4.78, 5) is 32.1. The third kappa shape index (κ3) is 3.92. The summed E-state index contributed by atoms with van der Waals surface area (Å²) in [6.07, 6.45) is -0.813. The first-order valence-corrected chi connectivity index (χ1v) is 11.8. The van der Waals surface area contributed by atoms with Gasteiger partial charge in [0.1, 0.15) is 16.8 Å². The van der Waals surface area contributed by atoms with Crippen LogP contribution in [0.2, 0.25) is 0 Å². The van der Waals surface area contributed by atoms with Gasteiger partial charge in [0.25, 0.3) is 5.91 Å². The van der Waals surface area contributed by atoms with Gasteiger partial charge in [0.15, 0.2) is 0 Å². The number of amides is 2. The molecular weight excluding hydrogens is 475 g/mol. The fourth-order valence-corrected chi connectivity index (χ4v) is 5.16. The maximum Gasteiger partial charge on any atom is 0.403 e. The van der Waals surface area contributed by atoms with Crippen molar-refractivity contribution in [3.63, 3.8) is 0 Å². The van der Waals surface area contributed by atoms with Crippen LogP contribution in [0.4, 0.5) is 18.9 Å². The quantitative estimate of drug-likeness (QED) is 0.559. The topological polar surface area (TPSA) is 105 Å². The highest BCUT2D eigenvalue weighted by molar-refractivity contribution is 5.95. The van der Waals surface area contributed by atoms with Crippen LogP contribution in [0.3, 0.4) is 0 Å². The van der Waals surface area contributed by atoms with E-state index in [0.717, 1.165) is 16.6 Å². The summed E-state index contributed by atoms with van der Waals surface area (Å²) in [6, 6.07) is 8.45. The number of piperazine rings is 1. The third-order valence-electron chi connectivity index (χ3n) is 7.39. The van der Waals surface area contributed by atoms with Gasteiger partial charge in [-0.1, -0.05) is 12.5 Å². The van der Waals surface area contributed by atoms with Crippen molar-refractivity contribution < 1.29 is 27.9 Å². The van der Waals surface area contributed by atoms with E-state index in [-0.39, 0.29) is 37.2 Å². The molecule has 36 heavy (non-hydrogen) atoms. The number of hydrogen-bond acceptors (Lipinski definition) is 5. The summed E-state index contributed by atoms with van der Waals surface area (Å²) < 4.78 is 42.7. The van der Waals surface area contributed by atoms with Crippen LogP contribution in [0.25, 0.3) is 11.0 Å². The number of aromatic nitrogens is 2. The lowest BCUT2D eigenvalue weighted by Gasteiger charge is -2.46. The Bertz CT molecular complexity index is 1320. The number of hydrogen-bond donors (Lipinski definition) is 2. The number of aromatic hydroxyl groups is 1. The van der Waals surface area contributed by atoms with E-state index in [9.17, 15) is 27.9 Å². The molecule has 1 aliphatic carbocycles. The molecule has 0 bridgehead atoms. The van der Waals surface area contributed by atoms with Gasteiger partial charge in [-0.25, -0.2) is 4.98 Å². The van der Waals surface area contributed by atoms with Crippen LogP contribution in [0.1, 0.15) is 35.2 Å². The molecule has 5 rings (SSSR count). The van der Waals surface area contributed by atoms with Crippen molar-refractivity contribution in [2.24, 2.45) is 11.1 Å². The molecule has 190 valence electrons. The Balaban J connectivity index is 1.32. The number of primary amides is 1. The summed E-state index contributed by atoms with van der Waals surface area (Å²) in [5.74, 6) is -1.69. The number of fused-ring (bicyclic) bond motifs is 1. The molecule has 8 nitrogen and oxygen atoms in total. The number of anilines is 1. The fraction of sp³-hybridized carbons (Fsp3) is 0.400. The Hall–Kier alpha value is -3.76. The summed E-state index contributed by atoms with van der Waals surface area (Å²) in [5, 5.41) is 10.9. The molecule has 2 amide bonds. The second-order valence-electron chi connectivity index (χ2n) is 9.44. The number of alkyl halides is 3. The van der Waals surface area contributed by atoms with Crippen LogP contribution in [-0.4, -0.2) is 63.7 Å². The lowest BCUT2D eigenvalue weighted by molar-refractivity contribution is -0.248. The zero-order chi connectivity index (χ0) is 25.7. The second-order valence-corrected chi connectivity index (χ2v) is 9.44. The fourth-order valence-electron chi connectivity index (χ4n) is 5.16. The number of carbonyl (C=O) groups is 2. The lowest BCUT2D eigenvalue weighted by atomic mass is 9.67. The van der Waals surface area contributed by atoms with Crippen LogP contribution < -0.4 is 10.6 Å². The van der Waals surface area contributed by atoms with E-state index in [1.54, 1.807) is 12.3 Å². The van der Waals surface area contributed by atoms with Gasteiger partial charge in [-0.3, -0.25) is 9.59 Å². The highest BCUT2D eigenvalue weighted by Crippen LogP contribution is 2.54. The first-order chi connectivity index (χ1) is 17.1. The first-order valence-electron chi connectivity index (χ1n) is 11.8. The van der Waals surface area contributed by atoms with Crippen molar-refractivity contribution >= 4 is 28.5 Å². The molecule has 0 unspecified atom stereocenters. The van der Waals surface area contributed by atoms with Crippen LogP contribution >= 0.6 is 0 Å². The highest BCUT2D eigenvalue weighted by Gasteiger charge is 2.64. The lowest BCUT2D eigenvalue weighted by Crippen LogP contribution is -2.59. The molecule has 1 saturated heterocycles. The van der Waals surface area contributed by atoms with Crippen LogP contribution in [0.5, 0.6) is 5.75 Å². The van der Waals surface area contributed by atoms with Crippen LogP contribution in [-0.2, 0) is 11.3 Å². The van der Waals surface area contributed by atoms with Crippen LogP contribution in [0.15, 0.2) is 42.7 Å². The van der Waals surface area contributed by atoms with Gasteiger partial charge in [0, 0.05) is 56.2 Å². The molecule has 0 spiro atoms. The summed E-state index contributed by atoms with van der Waals surface area (Å²) in [5.41, 5.74) is 5.44. The van der Waals surface area contributed by atoms with E-state index in [2.05, 4.69) is 9.88 Å². The Morgan fingerprint density at radius 2 is 1.81 bits per heavy atom. The van der Waals surface area contributed by atoms with Gasteiger partial charge in [-0.15, -0.1) is 0 Å². The van der Waals surface area contributed by atoms with Crippen molar-refractivity contribution in [1.29, 1.82) is 0 Å². The van der Waals surface area contributed by atoms with Gasteiger partial charge < -0.3 is 25.2 Å². The van der Waals surface area contributed by atoms with Crippen molar-refractivity contribution in [3.8, 4) is 5.75 Å².